The van der Waals surface area contributed by atoms with Gasteiger partial charge in [-0.1, -0.05) is 11.6 Å². The summed E-state index contributed by atoms with van der Waals surface area (Å²) in [6, 6.07) is 6.24. The predicted octanol–water partition coefficient (Wildman–Crippen LogP) is 1.86. The lowest BCUT2D eigenvalue weighted by Gasteiger charge is -2.07. The molecule has 0 aliphatic heterocycles. The van der Waals surface area contributed by atoms with Crippen LogP contribution in [0.3, 0.4) is 0 Å². The molecule has 6 nitrogen and oxygen atoms in total. The average molecular weight is 278 g/mol. The van der Waals surface area contributed by atoms with Crippen molar-refractivity contribution in [3.8, 4) is 0 Å². The zero-order valence-corrected chi connectivity index (χ0v) is 10.9. The molecule has 1 aromatic carbocycles. The first-order valence-electron chi connectivity index (χ1n) is 5.43. The number of amides is 1. The highest BCUT2D eigenvalue weighted by molar-refractivity contribution is 6.29. The maximum absolute atomic E-state index is 12.0. The van der Waals surface area contributed by atoms with Crippen molar-refractivity contribution in [2.45, 2.75) is 6.92 Å². The first-order valence-corrected chi connectivity index (χ1v) is 5.81. The molecule has 1 amide bonds. The fourth-order valence-corrected chi connectivity index (χ4v) is 1.78. The van der Waals surface area contributed by atoms with Gasteiger partial charge < -0.3 is 11.5 Å². The van der Waals surface area contributed by atoms with Crippen LogP contribution in [0.15, 0.2) is 24.3 Å². The molecule has 0 aliphatic carbocycles. The van der Waals surface area contributed by atoms with Crippen LogP contribution in [-0.4, -0.2) is 15.9 Å². The highest BCUT2D eigenvalue weighted by Crippen LogP contribution is 2.17. The number of nitrogens with one attached hydrogen (secondary N) is 1. The van der Waals surface area contributed by atoms with Gasteiger partial charge in [-0.25, -0.2) is 9.97 Å². The summed E-state index contributed by atoms with van der Waals surface area (Å²) in [6.07, 6.45) is 0. The number of nitrogens with zero attached hydrogens (tertiary/aromatic N) is 2. The number of benzene rings is 1. The summed E-state index contributed by atoms with van der Waals surface area (Å²) in [5.41, 5.74) is 13.0. The molecule has 2 aromatic rings. The zero-order valence-electron chi connectivity index (χ0n) is 10.1. The van der Waals surface area contributed by atoms with Gasteiger partial charge in [-0.3, -0.25) is 10.1 Å². The molecule has 1 heterocycles. The second-order valence-corrected chi connectivity index (χ2v) is 4.34. The number of hydrogen-bond acceptors (Lipinski definition) is 5. The standard InChI is InChI=1S/C12H12ClN5O/c1-6-4-10(13)17-12(16-6)18-11(19)8-3-2-7(14)5-9(8)15/h2-5H,14-15H2,1H3,(H,16,17,18,19). The van der Waals surface area contributed by atoms with Gasteiger partial charge in [-0.15, -0.1) is 0 Å². The number of carbonyl (C=O) groups excluding carboxylic acids is 1. The van der Waals surface area contributed by atoms with Crippen molar-refractivity contribution in [2.24, 2.45) is 0 Å². The van der Waals surface area contributed by atoms with E-state index in [-0.39, 0.29) is 16.8 Å². The average Bonchev–Trinajstić information content (AvgIpc) is 2.26. The first-order chi connectivity index (χ1) is 8.95. The third-order valence-electron chi connectivity index (χ3n) is 2.37. The number of carbonyl (C=O) groups is 1. The lowest BCUT2D eigenvalue weighted by atomic mass is 10.1. The van der Waals surface area contributed by atoms with Gasteiger partial charge in [0.25, 0.3) is 5.91 Å². The van der Waals surface area contributed by atoms with Crippen LogP contribution in [0.1, 0.15) is 16.1 Å². The lowest BCUT2D eigenvalue weighted by Crippen LogP contribution is -2.16. The largest absolute Gasteiger partial charge is 0.399 e. The SMILES string of the molecule is Cc1cc(Cl)nc(NC(=O)c2ccc(N)cc2N)n1. The molecule has 0 bridgehead atoms. The van der Waals surface area contributed by atoms with Crippen LogP contribution >= 0.6 is 11.6 Å². The van der Waals surface area contributed by atoms with Crippen molar-refractivity contribution in [3.05, 3.63) is 40.7 Å². The smallest absolute Gasteiger partial charge is 0.260 e. The Bertz CT molecular complexity index is 624. The van der Waals surface area contributed by atoms with Crippen LogP contribution in [-0.2, 0) is 0 Å². The van der Waals surface area contributed by atoms with Crippen molar-refractivity contribution in [1.29, 1.82) is 0 Å². The molecule has 0 atom stereocenters. The van der Waals surface area contributed by atoms with Crippen LogP contribution in [0.25, 0.3) is 0 Å². The van der Waals surface area contributed by atoms with E-state index in [4.69, 9.17) is 23.1 Å². The molecule has 98 valence electrons. The second kappa shape index (κ2) is 5.11. The second-order valence-electron chi connectivity index (χ2n) is 3.96. The van der Waals surface area contributed by atoms with Crippen molar-refractivity contribution in [3.63, 3.8) is 0 Å². The van der Waals surface area contributed by atoms with E-state index in [2.05, 4.69) is 15.3 Å². The summed E-state index contributed by atoms with van der Waals surface area (Å²) in [5, 5.41) is 2.79. The van der Waals surface area contributed by atoms with E-state index in [0.717, 1.165) is 0 Å². The van der Waals surface area contributed by atoms with E-state index in [1.807, 2.05) is 0 Å². The molecule has 0 spiro atoms. The molecular formula is C12H12ClN5O. The maximum atomic E-state index is 12.0. The van der Waals surface area contributed by atoms with Gasteiger partial charge in [0.2, 0.25) is 5.95 Å². The third-order valence-corrected chi connectivity index (χ3v) is 2.56. The van der Waals surface area contributed by atoms with Gasteiger partial charge in [-0.05, 0) is 31.2 Å². The van der Waals surface area contributed by atoms with Crippen LogP contribution in [0.2, 0.25) is 5.15 Å². The van der Waals surface area contributed by atoms with Gasteiger partial charge in [0.15, 0.2) is 0 Å². The number of aryl methyl sites for hydroxylation is 1. The molecule has 2 rings (SSSR count). The Balaban J connectivity index is 2.25. The van der Waals surface area contributed by atoms with Crippen LogP contribution in [0.5, 0.6) is 0 Å². The fraction of sp³-hybridized carbons (Fsp3) is 0.0833. The summed E-state index contributed by atoms with van der Waals surface area (Å²) in [6.45, 7) is 1.75. The Morgan fingerprint density at radius 1 is 1.26 bits per heavy atom. The number of rotatable bonds is 2. The van der Waals surface area contributed by atoms with Gasteiger partial charge in [-0.2, -0.15) is 0 Å². The van der Waals surface area contributed by atoms with Gasteiger partial charge in [0.05, 0.1) is 5.56 Å². The Kier molecular flexibility index (Phi) is 3.52. The molecule has 0 fully saturated rings. The minimum Gasteiger partial charge on any atom is -0.399 e. The minimum absolute atomic E-state index is 0.131. The van der Waals surface area contributed by atoms with Crippen LogP contribution < -0.4 is 16.8 Å². The van der Waals surface area contributed by atoms with E-state index in [1.54, 1.807) is 19.1 Å². The highest BCUT2D eigenvalue weighted by atomic mass is 35.5. The number of nitrogens with two attached hydrogens (primary N) is 2. The molecule has 7 heteroatoms. The molecule has 1 aromatic heterocycles. The molecule has 0 aliphatic rings. The van der Waals surface area contributed by atoms with Crippen LogP contribution in [0.4, 0.5) is 17.3 Å². The van der Waals surface area contributed by atoms with E-state index in [0.29, 0.717) is 16.9 Å². The fourth-order valence-electron chi connectivity index (χ4n) is 1.54. The summed E-state index contributed by atoms with van der Waals surface area (Å²) in [5.74, 6) is -0.287. The van der Waals surface area contributed by atoms with Crippen molar-refractivity contribution < 1.29 is 4.79 Å². The van der Waals surface area contributed by atoms with Gasteiger partial charge in [0, 0.05) is 17.1 Å². The van der Waals surface area contributed by atoms with Gasteiger partial charge >= 0.3 is 0 Å². The van der Waals surface area contributed by atoms with E-state index < -0.39 is 5.91 Å². The highest BCUT2D eigenvalue weighted by Gasteiger charge is 2.12. The maximum Gasteiger partial charge on any atom is 0.260 e. The zero-order chi connectivity index (χ0) is 14.0. The van der Waals surface area contributed by atoms with E-state index in [9.17, 15) is 4.79 Å². The van der Waals surface area contributed by atoms with Crippen molar-refractivity contribution in [1.82, 2.24) is 9.97 Å². The Morgan fingerprint density at radius 3 is 2.63 bits per heavy atom. The number of halogens is 1. The molecule has 0 saturated heterocycles. The molecule has 0 unspecified atom stereocenters. The predicted molar refractivity (Wildman–Crippen MR) is 75.0 cm³/mol. The molecule has 0 radical (unpaired) electrons. The van der Waals surface area contributed by atoms with E-state index in [1.165, 1.54) is 12.1 Å². The van der Waals surface area contributed by atoms with Crippen molar-refractivity contribution >= 4 is 34.8 Å². The third kappa shape index (κ3) is 3.11. The summed E-state index contributed by atoms with van der Waals surface area (Å²) < 4.78 is 0. The quantitative estimate of drug-likeness (QED) is 0.574. The lowest BCUT2D eigenvalue weighted by molar-refractivity contribution is 0.102. The molecular weight excluding hydrogens is 266 g/mol. The summed E-state index contributed by atoms with van der Waals surface area (Å²) >= 11 is 5.79. The Hall–Kier alpha value is -2.34. The normalized spacial score (nSPS) is 10.2. The topological polar surface area (TPSA) is 107 Å². The molecule has 5 N–H and O–H groups in total. The molecule has 0 saturated carbocycles. The number of nitrogen functional groups attached to an aromatic ring is 2. The number of hydrogen-bond donors (Lipinski definition) is 3. The minimum atomic E-state index is -0.417. The first kappa shape index (κ1) is 13.1. The van der Waals surface area contributed by atoms with Crippen LogP contribution in [0, 0.1) is 6.92 Å². The molecule has 19 heavy (non-hydrogen) atoms. The van der Waals surface area contributed by atoms with Gasteiger partial charge in [0.1, 0.15) is 5.15 Å². The Labute approximate surface area is 114 Å². The number of anilines is 3. The monoisotopic (exact) mass is 277 g/mol. The number of aromatic nitrogens is 2. The Morgan fingerprint density at radius 2 is 2.00 bits per heavy atom. The summed E-state index contributed by atoms with van der Waals surface area (Å²) in [7, 11) is 0. The van der Waals surface area contributed by atoms with E-state index >= 15 is 0 Å². The summed E-state index contributed by atoms with van der Waals surface area (Å²) in [4.78, 5) is 20.0. The van der Waals surface area contributed by atoms with Crippen molar-refractivity contribution in [2.75, 3.05) is 16.8 Å².